The van der Waals surface area contributed by atoms with Gasteiger partial charge >= 0.3 is 0 Å². The summed E-state index contributed by atoms with van der Waals surface area (Å²) in [7, 11) is 0. The van der Waals surface area contributed by atoms with E-state index < -0.39 is 12.5 Å². The maximum atomic E-state index is 12.0. The van der Waals surface area contributed by atoms with Crippen LogP contribution in [0.2, 0.25) is 0 Å². The van der Waals surface area contributed by atoms with E-state index in [1.165, 1.54) is 0 Å². The quantitative estimate of drug-likeness (QED) is 0.834. The summed E-state index contributed by atoms with van der Waals surface area (Å²) in [5.41, 5.74) is 7.44. The van der Waals surface area contributed by atoms with Gasteiger partial charge in [0.25, 0.3) is 0 Å². The molecule has 0 saturated heterocycles. The molecule has 1 aromatic carbocycles. The van der Waals surface area contributed by atoms with Crippen LogP contribution < -0.4 is 5.73 Å². The average molecular weight is 222 g/mol. The molecular formula is C10H14ClF2N. The zero-order valence-electron chi connectivity index (χ0n) is 7.91. The number of rotatable bonds is 3. The van der Waals surface area contributed by atoms with Crippen molar-refractivity contribution in [2.75, 3.05) is 0 Å². The lowest BCUT2D eigenvalue weighted by atomic mass is 10.0. The van der Waals surface area contributed by atoms with E-state index in [4.69, 9.17) is 5.73 Å². The van der Waals surface area contributed by atoms with Gasteiger partial charge in [-0.15, -0.1) is 12.4 Å². The molecule has 80 valence electrons. The maximum absolute atomic E-state index is 12.0. The van der Waals surface area contributed by atoms with Gasteiger partial charge in [0.15, 0.2) is 0 Å². The second-order valence-corrected chi connectivity index (χ2v) is 3.14. The smallest absolute Gasteiger partial charge is 0.240 e. The van der Waals surface area contributed by atoms with Crippen molar-refractivity contribution >= 4 is 12.4 Å². The fourth-order valence-electron chi connectivity index (χ4n) is 1.14. The van der Waals surface area contributed by atoms with Crippen LogP contribution in [0.25, 0.3) is 0 Å². The number of halogens is 3. The van der Waals surface area contributed by atoms with Crippen molar-refractivity contribution in [1.82, 2.24) is 0 Å². The SMILES string of the molecule is Cc1ccc([C@H](N)CC(F)F)cc1.Cl. The van der Waals surface area contributed by atoms with Crippen LogP contribution in [0.1, 0.15) is 23.6 Å². The van der Waals surface area contributed by atoms with Crippen LogP contribution in [0, 0.1) is 6.92 Å². The first-order chi connectivity index (χ1) is 6.09. The first kappa shape index (κ1) is 13.3. The standard InChI is InChI=1S/C10H13F2N.ClH/c1-7-2-4-8(5-3-7)9(13)6-10(11)12;/h2-5,9-10H,6,13H2,1H3;1H/t9-;/m1./s1. The number of hydrogen-bond donors (Lipinski definition) is 1. The Morgan fingerprint density at radius 2 is 1.71 bits per heavy atom. The highest BCUT2D eigenvalue weighted by atomic mass is 35.5. The molecule has 14 heavy (non-hydrogen) atoms. The second-order valence-electron chi connectivity index (χ2n) is 3.14. The molecular weight excluding hydrogens is 208 g/mol. The topological polar surface area (TPSA) is 26.0 Å². The summed E-state index contributed by atoms with van der Waals surface area (Å²) in [5, 5.41) is 0. The molecule has 0 aliphatic carbocycles. The van der Waals surface area contributed by atoms with Crippen molar-refractivity contribution in [2.45, 2.75) is 25.8 Å². The highest BCUT2D eigenvalue weighted by molar-refractivity contribution is 5.85. The third-order valence-corrected chi connectivity index (χ3v) is 1.94. The van der Waals surface area contributed by atoms with Crippen LogP contribution >= 0.6 is 12.4 Å². The zero-order chi connectivity index (χ0) is 9.84. The van der Waals surface area contributed by atoms with Crippen LogP contribution in [-0.4, -0.2) is 6.43 Å². The van der Waals surface area contributed by atoms with E-state index in [1.54, 1.807) is 12.1 Å². The minimum atomic E-state index is -2.34. The van der Waals surface area contributed by atoms with Crippen molar-refractivity contribution < 1.29 is 8.78 Å². The van der Waals surface area contributed by atoms with Gasteiger partial charge < -0.3 is 5.73 Å². The third-order valence-electron chi connectivity index (χ3n) is 1.94. The van der Waals surface area contributed by atoms with Crippen LogP contribution in [0.5, 0.6) is 0 Å². The lowest BCUT2D eigenvalue weighted by molar-refractivity contribution is 0.128. The first-order valence-corrected chi connectivity index (χ1v) is 4.20. The van der Waals surface area contributed by atoms with Crippen LogP contribution in [0.3, 0.4) is 0 Å². The predicted octanol–water partition coefficient (Wildman–Crippen LogP) is 3.07. The third kappa shape index (κ3) is 4.03. The molecule has 1 nitrogen and oxygen atoms in total. The second kappa shape index (κ2) is 5.94. The summed E-state index contributed by atoms with van der Waals surface area (Å²) in [4.78, 5) is 0. The molecule has 2 N–H and O–H groups in total. The molecule has 1 aromatic rings. The van der Waals surface area contributed by atoms with Gasteiger partial charge in [0.1, 0.15) is 0 Å². The van der Waals surface area contributed by atoms with E-state index in [1.807, 2.05) is 19.1 Å². The van der Waals surface area contributed by atoms with E-state index in [0.29, 0.717) is 0 Å². The molecule has 0 radical (unpaired) electrons. The molecule has 0 unspecified atom stereocenters. The minimum absolute atomic E-state index is 0. The summed E-state index contributed by atoms with van der Waals surface area (Å²) in [6.45, 7) is 1.95. The lowest BCUT2D eigenvalue weighted by Gasteiger charge is -2.11. The zero-order valence-corrected chi connectivity index (χ0v) is 8.73. The Labute approximate surface area is 88.7 Å². The number of nitrogens with two attached hydrogens (primary N) is 1. The van der Waals surface area contributed by atoms with Crippen LogP contribution in [-0.2, 0) is 0 Å². The largest absolute Gasteiger partial charge is 0.324 e. The molecule has 0 heterocycles. The Balaban J connectivity index is 0.00000169. The highest BCUT2D eigenvalue weighted by Gasteiger charge is 2.11. The molecule has 1 atom stereocenters. The van der Waals surface area contributed by atoms with Gasteiger partial charge in [-0.25, -0.2) is 8.78 Å². The van der Waals surface area contributed by atoms with E-state index in [0.717, 1.165) is 11.1 Å². The molecule has 0 aliphatic heterocycles. The Morgan fingerprint density at radius 3 is 2.14 bits per heavy atom. The fourth-order valence-corrected chi connectivity index (χ4v) is 1.14. The van der Waals surface area contributed by atoms with Crippen molar-refractivity contribution in [3.8, 4) is 0 Å². The van der Waals surface area contributed by atoms with Gasteiger partial charge in [0, 0.05) is 12.5 Å². The first-order valence-electron chi connectivity index (χ1n) is 4.20. The van der Waals surface area contributed by atoms with Gasteiger partial charge in [-0.2, -0.15) is 0 Å². The number of aryl methyl sites for hydroxylation is 1. The van der Waals surface area contributed by atoms with E-state index in [2.05, 4.69) is 0 Å². The lowest BCUT2D eigenvalue weighted by Crippen LogP contribution is -2.13. The molecule has 0 amide bonds. The summed E-state index contributed by atoms with van der Waals surface area (Å²) in [5.74, 6) is 0. The molecule has 0 fully saturated rings. The van der Waals surface area contributed by atoms with Crippen molar-refractivity contribution in [2.24, 2.45) is 5.73 Å². The molecule has 4 heteroatoms. The monoisotopic (exact) mass is 221 g/mol. The Bertz CT molecular complexity index is 261. The van der Waals surface area contributed by atoms with Crippen molar-refractivity contribution in [3.05, 3.63) is 35.4 Å². The molecule has 0 saturated carbocycles. The predicted molar refractivity (Wildman–Crippen MR) is 56.0 cm³/mol. The Morgan fingerprint density at radius 1 is 1.21 bits per heavy atom. The Hall–Kier alpha value is -0.670. The number of benzene rings is 1. The van der Waals surface area contributed by atoms with Crippen molar-refractivity contribution in [3.63, 3.8) is 0 Å². The molecule has 0 aliphatic rings. The normalized spacial score (nSPS) is 12.4. The van der Waals surface area contributed by atoms with E-state index in [-0.39, 0.29) is 18.8 Å². The van der Waals surface area contributed by atoms with Gasteiger partial charge in [-0.1, -0.05) is 29.8 Å². The van der Waals surface area contributed by atoms with Gasteiger partial charge in [-0.05, 0) is 12.5 Å². The van der Waals surface area contributed by atoms with E-state index in [9.17, 15) is 8.78 Å². The number of alkyl halides is 2. The summed E-state index contributed by atoms with van der Waals surface area (Å²) in [6, 6.07) is 6.78. The van der Waals surface area contributed by atoms with E-state index >= 15 is 0 Å². The molecule has 0 bridgehead atoms. The van der Waals surface area contributed by atoms with Crippen molar-refractivity contribution in [1.29, 1.82) is 0 Å². The van der Waals surface area contributed by atoms with Crippen LogP contribution in [0.4, 0.5) is 8.78 Å². The van der Waals surface area contributed by atoms with Gasteiger partial charge in [-0.3, -0.25) is 0 Å². The summed E-state index contributed by atoms with van der Waals surface area (Å²) in [6.07, 6.45) is -2.61. The van der Waals surface area contributed by atoms with Gasteiger partial charge in [0.05, 0.1) is 0 Å². The fraction of sp³-hybridized carbons (Fsp3) is 0.400. The van der Waals surface area contributed by atoms with Crippen LogP contribution in [0.15, 0.2) is 24.3 Å². The Kier molecular flexibility index (Phi) is 5.65. The maximum Gasteiger partial charge on any atom is 0.240 e. The number of hydrogen-bond acceptors (Lipinski definition) is 1. The minimum Gasteiger partial charge on any atom is -0.324 e. The molecule has 1 rings (SSSR count). The molecule has 0 spiro atoms. The van der Waals surface area contributed by atoms with Gasteiger partial charge in [0.2, 0.25) is 6.43 Å². The molecule has 0 aromatic heterocycles. The average Bonchev–Trinajstić information content (AvgIpc) is 2.04. The summed E-state index contributed by atoms with van der Waals surface area (Å²) >= 11 is 0. The summed E-state index contributed by atoms with van der Waals surface area (Å²) < 4.78 is 23.9. The highest BCUT2D eigenvalue weighted by Crippen LogP contribution is 2.18.